The average Bonchev–Trinajstić information content (AvgIpc) is 3.49. The molecule has 1 amide bonds. The molecule has 1 aliphatic heterocycles. The molecule has 3 heterocycles. The standard InChI is InChI=1S/C22H21N5OS/c28-21(17-6-4-16(5-7-17)15-27-13-3-10-23-27)24-18-8-9-19-20(14-18)29-22(25-19)26-11-1-2-12-26/h3-10,13-14H,1-2,11-12,15H2,(H,24,28). The smallest absolute Gasteiger partial charge is 0.255 e. The third-order valence-electron chi connectivity index (χ3n) is 5.13. The molecule has 1 aliphatic rings. The second-order valence-corrected chi connectivity index (χ2v) is 8.24. The molecule has 0 saturated carbocycles. The van der Waals surface area contributed by atoms with Crippen LogP contribution in [0.1, 0.15) is 28.8 Å². The molecule has 0 atom stereocenters. The zero-order valence-electron chi connectivity index (χ0n) is 15.9. The van der Waals surface area contributed by atoms with Gasteiger partial charge in [-0.15, -0.1) is 0 Å². The third-order valence-corrected chi connectivity index (χ3v) is 6.21. The Hall–Kier alpha value is -3.19. The number of amides is 1. The van der Waals surface area contributed by atoms with Crippen LogP contribution in [-0.4, -0.2) is 33.8 Å². The molecular weight excluding hydrogens is 382 g/mol. The monoisotopic (exact) mass is 403 g/mol. The van der Waals surface area contributed by atoms with E-state index in [1.165, 1.54) is 12.8 Å². The normalized spacial score (nSPS) is 13.9. The van der Waals surface area contributed by atoms with Crippen LogP contribution in [0.15, 0.2) is 60.9 Å². The van der Waals surface area contributed by atoms with Crippen molar-refractivity contribution in [3.05, 3.63) is 72.1 Å². The lowest BCUT2D eigenvalue weighted by Crippen LogP contribution is -2.16. The fourth-order valence-corrected chi connectivity index (χ4v) is 4.64. The molecule has 1 N–H and O–H groups in total. The van der Waals surface area contributed by atoms with E-state index in [0.717, 1.165) is 39.7 Å². The Morgan fingerprint density at radius 1 is 1.10 bits per heavy atom. The first kappa shape index (κ1) is 17.9. The van der Waals surface area contributed by atoms with Gasteiger partial charge in [0.1, 0.15) is 0 Å². The Kier molecular flexibility index (Phi) is 4.73. The molecule has 6 nitrogen and oxygen atoms in total. The molecule has 0 unspecified atom stereocenters. The summed E-state index contributed by atoms with van der Waals surface area (Å²) >= 11 is 1.69. The summed E-state index contributed by atoms with van der Waals surface area (Å²) in [5, 5.41) is 8.29. The van der Waals surface area contributed by atoms with Crippen molar-refractivity contribution in [2.24, 2.45) is 0 Å². The highest BCUT2D eigenvalue weighted by atomic mass is 32.1. The first-order chi connectivity index (χ1) is 14.2. The Balaban J connectivity index is 1.28. The molecule has 7 heteroatoms. The number of rotatable bonds is 5. The van der Waals surface area contributed by atoms with Crippen molar-refractivity contribution in [1.82, 2.24) is 14.8 Å². The number of nitrogens with zero attached hydrogens (tertiary/aromatic N) is 4. The molecule has 0 radical (unpaired) electrons. The second-order valence-electron chi connectivity index (χ2n) is 7.23. The maximum absolute atomic E-state index is 12.6. The molecule has 0 spiro atoms. The van der Waals surface area contributed by atoms with Gasteiger partial charge in [-0.1, -0.05) is 23.5 Å². The number of carbonyl (C=O) groups is 1. The zero-order valence-corrected chi connectivity index (χ0v) is 16.7. The van der Waals surface area contributed by atoms with E-state index in [1.54, 1.807) is 17.5 Å². The van der Waals surface area contributed by atoms with Gasteiger partial charge in [-0.2, -0.15) is 5.10 Å². The van der Waals surface area contributed by atoms with Crippen molar-refractivity contribution < 1.29 is 4.79 Å². The molecule has 146 valence electrons. The average molecular weight is 404 g/mol. The highest BCUT2D eigenvalue weighted by molar-refractivity contribution is 7.22. The van der Waals surface area contributed by atoms with Gasteiger partial charge in [0.15, 0.2) is 5.13 Å². The summed E-state index contributed by atoms with van der Waals surface area (Å²) in [5.74, 6) is -0.112. The van der Waals surface area contributed by atoms with Crippen LogP contribution in [0.25, 0.3) is 10.2 Å². The van der Waals surface area contributed by atoms with Crippen LogP contribution in [0.4, 0.5) is 10.8 Å². The first-order valence-electron chi connectivity index (χ1n) is 9.78. The minimum Gasteiger partial charge on any atom is -0.348 e. The summed E-state index contributed by atoms with van der Waals surface area (Å²) in [7, 11) is 0. The van der Waals surface area contributed by atoms with Crippen LogP contribution < -0.4 is 10.2 Å². The van der Waals surface area contributed by atoms with Gasteiger partial charge in [0.05, 0.1) is 16.8 Å². The number of hydrogen-bond acceptors (Lipinski definition) is 5. The van der Waals surface area contributed by atoms with Crippen molar-refractivity contribution >= 4 is 38.3 Å². The van der Waals surface area contributed by atoms with Crippen LogP contribution in [0.5, 0.6) is 0 Å². The van der Waals surface area contributed by atoms with Gasteiger partial charge in [0.2, 0.25) is 0 Å². The number of carbonyl (C=O) groups excluding carboxylic acids is 1. The van der Waals surface area contributed by atoms with Crippen LogP contribution in [0.2, 0.25) is 0 Å². The van der Waals surface area contributed by atoms with E-state index >= 15 is 0 Å². The topological polar surface area (TPSA) is 63.1 Å². The fraction of sp³-hybridized carbons (Fsp3) is 0.227. The summed E-state index contributed by atoms with van der Waals surface area (Å²) in [6, 6.07) is 15.4. The van der Waals surface area contributed by atoms with Crippen LogP contribution in [0.3, 0.4) is 0 Å². The Morgan fingerprint density at radius 2 is 1.93 bits per heavy atom. The van der Waals surface area contributed by atoms with Crippen LogP contribution >= 0.6 is 11.3 Å². The minimum absolute atomic E-state index is 0.112. The number of nitrogens with one attached hydrogen (secondary N) is 1. The molecule has 4 aromatic rings. The van der Waals surface area contributed by atoms with Gasteiger partial charge in [-0.25, -0.2) is 4.98 Å². The maximum Gasteiger partial charge on any atom is 0.255 e. The van der Waals surface area contributed by atoms with Crippen LogP contribution in [-0.2, 0) is 6.54 Å². The number of thiazole rings is 1. The molecule has 0 aliphatic carbocycles. The minimum atomic E-state index is -0.112. The largest absolute Gasteiger partial charge is 0.348 e. The number of anilines is 2. The number of aromatic nitrogens is 3. The lowest BCUT2D eigenvalue weighted by molar-refractivity contribution is 0.102. The van der Waals surface area contributed by atoms with Crippen molar-refractivity contribution in [3.8, 4) is 0 Å². The Labute approximate surface area is 172 Å². The SMILES string of the molecule is O=C(Nc1ccc2nc(N3CCCC3)sc2c1)c1ccc(Cn2cccn2)cc1. The predicted molar refractivity (Wildman–Crippen MR) is 117 cm³/mol. The molecule has 1 fully saturated rings. The van der Waals surface area contributed by atoms with Gasteiger partial charge < -0.3 is 10.2 Å². The van der Waals surface area contributed by atoms with Crippen molar-refractivity contribution in [2.45, 2.75) is 19.4 Å². The van der Waals surface area contributed by atoms with E-state index in [4.69, 9.17) is 4.98 Å². The molecular formula is C22H21N5OS. The molecule has 2 aromatic carbocycles. The number of benzene rings is 2. The number of hydrogen-bond donors (Lipinski definition) is 1. The van der Waals surface area contributed by atoms with E-state index in [1.807, 2.05) is 59.4 Å². The van der Waals surface area contributed by atoms with E-state index in [2.05, 4.69) is 15.3 Å². The molecule has 2 aromatic heterocycles. The zero-order chi connectivity index (χ0) is 19.6. The van der Waals surface area contributed by atoms with E-state index in [0.29, 0.717) is 12.1 Å². The second kappa shape index (κ2) is 7.67. The van der Waals surface area contributed by atoms with Gasteiger partial charge in [-0.3, -0.25) is 9.48 Å². The molecule has 1 saturated heterocycles. The first-order valence-corrected chi connectivity index (χ1v) is 10.6. The summed E-state index contributed by atoms with van der Waals surface area (Å²) < 4.78 is 2.95. The molecule has 5 rings (SSSR count). The number of fused-ring (bicyclic) bond motifs is 1. The Bertz CT molecular complexity index is 1130. The molecule has 29 heavy (non-hydrogen) atoms. The van der Waals surface area contributed by atoms with Crippen LogP contribution in [0, 0.1) is 0 Å². The molecule has 0 bridgehead atoms. The fourth-order valence-electron chi connectivity index (χ4n) is 3.58. The predicted octanol–water partition coefficient (Wildman–Crippen LogP) is 4.39. The third kappa shape index (κ3) is 3.86. The van der Waals surface area contributed by atoms with Crippen molar-refractivity contribution in [2.75, 3.05) is 23.3 Å². The van der Waals surface area contributed by atoms with Gasteiger partial charge >= 0.3 is 0 Å². The van der Waals surface area contributed by atoms with E-state index in [-0.39, 0.29) is 5.91 Å². The van der Waals surface area contributed by atoms with Crippen molar-refractivity contribution in [3.63, 3.8) is 0 Å². The van der Waals surface area contributed by atoms with Gasteiger partial charge in [0.25, 0.3) is 5.91 Å². The summed E-state index contributed by atoms with van der Waals surface area (Å²) in [6.07, 6.45) is 6.15. The van der Waals surface area contributed by atoms with Crippen molar-refractivity contribution in [1.29, 1.82) is 0 Å². The van der Waals surface area contributed by atoms with E-state index in [9.17, 15) is 4.79 Å². The van der Waals surface area contributed by atoms with Gasteiger partial charge in [-0.05, 0) is 54.8 Å². The summed E-state index contributed by atoms with van der Waals surface area (Å²) in [6.45, 7) is 2.86. The summed E-state index contributed by atoms with van der Waals surface area (Å²) in [4.78, 5) is 19.7. The lowest BCUT2D eigenvalue weighted by Gasteiger charge is -2.11. The Morgan fingerprint density at radius 3 is 2.69 bits per heavy atom. The summed E-state index contributed by atoms with van der Waals surface area (Å²) in [5.41, 5.74) is 3.51. The van der Waals surface area contributed by atoms with E-state index < -0.39 is 0 Å². The highest BCUT2D eigenvalue weighted by Gasteiger charge is 2.16. The highest BCUT2D eigenvalue weighted by Crippen LogP contribution is 2.32. The lowest BCUT2D eigenvalue weighted by atomic mass is 10.1. The quantitative estimate of drug-likeness (QED) is 0.537. The van der Waals surface area contributed by atoms with Gasteiger partial charge in [0, 0.05) is 36.7 Å². The maximum atomic E-state index is 12.6.